The molecule has 0 bridgehead atoms. The molecule has 0 fully saturated rings. The molecule has 0 aliphatic rings. The molecule has 6 heteroatoms. The monoisotopic (exact) mass is 237 g/mol. The first-order chi connectivity index (χ1) is 8.09. The number of benzene rings is 1. The molecule has 4 N–H and O–H groups in total. The van der Waals surface area contributed by atoms with Gasteiger partial charge in [-0.1, -0.05) is 30.3 Å². The fraction of sp³-hybridized carbons (Fsp3) is 0.273. The van der Waals surface area contributed by atoms with Gasteiger partial charge >= 0.3 is 6.09 Å². The number of ether oxygens (including phenoxy) is 1. The van der Waals surface area contributed by atoms with Gasteiger partial charge in [-0.2, -0.15) is 0 Å². The summed E-state index contributed by atoms with van der Waals surface area (Å²) < 4.78 is 4.93. The Morgan fingerprint density at radius 2 is 1.88 bits per heavy atom. The summed E-state index contributed by atoms with van der Waals surface area (Å²) in [5.74, 6) is 4.86. The lowest BCUT2D eigenvalue weighted by atomic mass is 10.2. The first kappa shape index (κ1) is 13.0. The number of hydrazine groups is 1. The van der Waals surface area contributed by atoms with E-state index in [1.807, 2.05) is 30.3 Å². The Balaban J connectivity index is 2.32. The second-order valence-electron chi connectivity index (χ2n) is 3.45. The molecule has 2 amide bonds. The highest BCUT2D eigenvalue weighted by molar-refractivity contribution is 5.75. The van der Waals surface area contributed by atoms with Gasteiger partial charge in [-0.25, -0.2) is 15.6 Å². The lowest BCUT2D eigenvalue weighted by Gasteiger charge is -2.15. The molecule has 0 aliphatic carbocycles. The van der Waals surface area contributed by atoms with Crippen molar-refractivity contribution >= 4 is 12.0 Å². The zero-order valence-electron chi connectivity index (χ0n) is 9.33. The summed E-state index contributed by atoms with van der Waals surface area (Å²) in [6.45, 7) is 0.187. The number of hydrogen-bond acceptors (Lipinski definition) is 4. The maximum Gasteiger partial charge on any atom is 0.424 e. The Bertz CT molecular complexity index is 381. The van der Waals surface area contributed by atoms with Crippen LogP contribution in [-0.2, 0) is 16.1 Å². The zero-order valence-corrected chi connectivity index (χ0v) is 9.33. The summed E-state index contributed by atoms with van der Waals surface area (Å²) in [5.41, 5.74) is 5.80. The zero-order chi connectivity index (χ0) is 12.7. The number of hydrogen-bond donors (Lipinski definition) is 2. The summed E-state index contributed by atoms with van der Waals surface area (Å²) in [7, 11) is 0. The Labute approximate surface area is 99.1 Å². The van der Waals surface area contributed by atoms with Gasteiger partial charge in [0, 0.05) is 13.0 Å². The molecule has 1 rings (SSSR count). The summed E-state index contributed by atoms with van der Waals surface area (Å²) in [4.78, 5) is 21.8. The Morgan fingerprint density at radius 1 is 1.24 bits per heavy atom. The van der Waals surface area contributed by atoms with Crippen molar-refractivity contribution in [3.8, 4) is 0 Å². The first-order valence-corrected chi connectivity index (χ1v) is 5.11. The smallest absolute Gasteiger partial charge is 0.424 e. The number of rotatable bonds is 5. The predicted molar refractivity (Wildman–Crippen MR) is 61.3 cm³/mol. The third-order valence-corrected chi connectivity index (χ3v) is 2.04. The standard InChI is InChI=1S/C11H15N3O3/c12-10(15)6-7-14(13)11(16)17-8-9-4-2-1-3-5-9/h1-5H,6-8,13H2,(H2,12,15). The van der Waals surface area contributed by atoms with Crippen molar-refractivity contribution < 1.29 is 14.3 Å². The van der Waals surface area contributed by atoms with Crippen molar-refractivity contribution in [1.82, 2.24) is 5.01 Å². The van der Waals surface area contributed by atoms with Crippen LogP contribution in [-0.4, -0.2) is 23.6 Å². The van der Waals surface area contributed by atoms with Gasteiger partial charge in [0.15, 0.2) is 0 Å². The Morgan fingerprint density at radius 3 is 2.47 bits per heavy atom. The third kappa shape index (κ3) is 4.98. The van der Waals surface area contributed by atoms with Crippen LogP contribution in [0.25, 0.3) is 0 Å². The average Bonchev–Trinajstić information content (AvgIpc) is 2.34. The van der Waals surface area contributed by atoms with E-state index in [0.717, 1.165) is 10.6 Å². The molecule has 1 aromatic carbocycles. The van der Waals surface area contributed by atoms with Gasteiger partial charge in [0.05, 0.1) is 0 Å². The van der Waals surface area contributed by atoms with E-state index in [4.69, 9.17) is 16.3 Å². The molecule has 0 heterocycles. The second-order valence-corrected chi connectivity index (χ2v) is 3.45. The summed E-state index contributed by atoms with van der Waals surface area (Å²) in [5, 5.41) is 0.827. The molecule has 0 unspecified atom stereocenters. The van der Waals surface area contributed by atoms with Crippen LogP contribution in [0.15, 0.2) is 30.3 Å². The van der Waals surface area contributed by atoms with E-state index in [-0.39, 0.29) is 19.6 Å². The number of nitrogens with zero attached hydrogens (tertiary/aromatic N) is 1. The Kier molecular flexibility index (Phi) is 4.96. The average molecular weight is 237 g/mol. The molecule has 17 heavy (non-hydrogen) atoms. The van der Waals surface area contributed by atoms with Gasteiger partial charge in [0.2, 0.25) is 5.91 Å². The number of primary amides is 1. The SMILES string of the molecule is NC(=O)CCN(N)C(=O)OCc1ccccc1. The van der Waals surface area contributed by atoms with Crippen LogP contribution < -0.4 is 11.6 Å². The minimum absolute atomic E-state index is 0.0109. The number of carbonyl (C=O) groups excluding carboxylic acids is 2. The molecule has 0 aromatic heterocycles. The van der Waals surface area contributed by atoms with Gasteiger partial charge in [0.25, 0.3) is 0 Å². The molecular weight excluding hydrogens is 222 g/mol. The number of amides is 2. The lowest BCUT2D eigenvalue weighted by molar-refractivity contribution is -0.118. The highest BCUT2D eigenvalue weighted by Crippen LogP contribution is 2.01. The molecule has 0 aliphatic heterocycles. The van der Waals surface area contributed by atoms with Gasteiger partial charge in [-0.3, -0.25) is 4.79 Å². The van der Waals surface area contributed by atoms with Crippen molar-refractivity contribution in [3.63, 3.8) is 0 Å². The van der Waals surface area contributed by atoms with Crippen LogP contribution in [0.5, 0.6) is 0 Å². The number of nitrogens with two attached hydrogens (primary N) is 2. The predicted octanol–water partition coefficient (Wildman–Crippen LogP) is 0.374. The molecule has 6 nitrogen and oxygen atoms in total. The highest BCUT2D eigenvalue weighted by Gasteiger charge is 2.11. The highest BCUT2D eigenvalue weighted by atomic mass is 16.6. The quantitative estimate of drug-likeness (QED) is 0.439. The fourth-order valence-corrected chi connectivity index (χ4v) is 1.12. The molecule has 0 radical (unpaired) electrons. The topological polar surface area (TPSA) is 98.7 Å². The van der Waals surface area contributed by atoms with Crippen LogP contribution in [0.1, 0.15) is 12.0 Å². The van der Waals surface area contributed by atoms with E-state index < -0.39 is 12.0 Å². The van der Waals surface area contributed by atoms with Crippen LogP contribution in [0.4, 0.5) is 4.79 Å². The van der Waals surface area contributed by atoms with E-state index in [9.17, 15) is 9.59 Å². The van der Waals surface area contributed by atoms with Crippen LogP contribution in [0.2, 0.25) is 0 Å². The lowest BCUT2D eigenvalue weighted by Crippen LogP contribution is -2.39. The summed E-state index contributed by atoms with van der Waals surface area (Å²) in [6.07, 6.45) is -0.674. The van der Waals surface area contributed by atoms with Gasteiger partial charge in [0.1, 0.15) is 6.61 Å². The van der Waals surface area contributed by atoms with Gasteiger partial charge < -0.3 is 10.5 Å². The van der Waals surface area contributed by atoms with Crippen molar-refractivity contribution in [2.45, 2.75) is 13.0 Å². The maximum absolute atomic E-state index is 11.4. The normalized spacial score (nSPS) is 9.71. The molecular formula is C11H15N3O3. The molecule has 0 saturated heterocycles. The molecule has 1 aromatic rings. The van der Waals surface area contributed by atoms with E-state index in [1.54, 1.807) is 0 Å². The van der Waals surface area contributed by atoms with E-state index in [2.05, 4.69) is 0 Å². The number of carbonyl (C=O) groups is 2. The van der Waals surface area contributed by atoms with Crippen molar-refractivity contribution in [2.75, 3.05) is 6.54 Å². The largest absolute Gasteiger partial charge is 0.444 e. The third-order valence-electron chi connectivity index (χ3n) is 2.04. The molecule has 0 atom stereocenters. The van der Waals surface area contributed by atoms with Crippen molar-refractivity contribution in [3.05, 3.63) is 35.9 Å². The van der Waals surface area contributed by atoms with Crippen molar-refractivity contribution in [1.29, 1.82) is 0 Å². The minimum atomic E-state index is -0.685. The molecule has 0 spiro atoms. The minimum Gasteiger partial charge on any atom is -0.444 e. The second kappa shape index (κ2) is 6.49. The molecule has 0 saturated carbocycles. The van der Waals surface area contributed by atoms with Crippen LogP contribution in [0.3, 0.4) is 0 Å². The fourth-order valence-electron chi connectivity index (χ4n) is 1.12. The van der Waals surface area contributed by atoms with Crippen molar-refractivity contribution in [2.24, 2.45) is 11.6 Å². The van der Waals surface area contributed by atoms with Crippen LogP contribution in [0, 0.1) is 0 Å². The van der Waals surface area contributed by atoms with E-state index in [0.29, 0.717) is 0 Å². The van der Waals surface area contributed by atoms with E-state index >= 15 is 0 Å². The summed E-state index contributed by atoms with van der Waals surface area (Å²) >= 11 is 0. The summed E-state index contributed by atoms with van der Waals surface area (Å²) in [6, 6.07) is 9.22. The molecule has 92 valence electrons. The Hall–Kier alpha value is -2.08. The maximum atomic E-state index is 11.4. The van der Waals surface area contributed by atoms with E-state index in [1.165, 1.54) is 0 Å². The van der Waals surface area contributed by atoms with Gasteiger partial charge in [-0.15, -0.1) is 0 Å². The van der Waals surface area contributed by atoms with Gasteiger partial charge in [-0.05, 0) is 5.56 Å². The van der Waals surface area contributed by atoms with Crippen LogP contribution >= 0.6 is 0 Å². The first-order valence-electron chi connectivity index (χ1n) is 5.11.